The summed E-state index contributed by atoms with van der Waals surface area (Å²) in [6, 6.07) is 6.09. The third kappa shape index (κ3) is 2.66. The topological polar surface area (TPSA) is 56.3 Å². The van der Waals surface area contributed by atoms with E-state index in [0.29, 0.717) is 5.39 Å². The molecule has 4 nitrogen and oxygen atoms in total. The normalized spacial score (nSPS) is 12.6. The lowest BCUT2D eigenvalue weighted by Gasteiger charge is -2.12. The minimum Gasteiger partial charge on any atom is -0.372 e. The molecule has 0 aliphatic rings. The quantitative estimate of drug-likeness (QED) is 0.613. The Hall–Kier alpha value is -1.35. The first-order valence-electron chi connectivity index (χ1n) is 4.76. The Morgan fingerprint density at radius 2 is 1.89 bits per heavy atom. The van der Waals surface area contributed by atoms with Crippen molar-refractivity contribution in [2.75, 3.05) is 0 Å². The molecule has 0 unspecified atom stereocenters. The fourth-order valence-electron chi connectivity index (χ4n) is 1.33. The van der Waals surface area contributed by atoms with E-state index < -0.39 is 21.4 Å². The third-order valence-corrected chi connectivity index (χ3v) is 3.73. The van der Waals surface area contributed by atoms with Crippen LogP contribution < -0.4 is 4.18 Å². The number of hydrogen-bond acceptors (Lipinski definition) is 4. The summed E-state index contributed by atoms with van der Waals surface area (Å²) in [6.45, 7) is 0. The molecular weight excluding hydrogens is 351 g/mol. The fourth-order valence-corrected chi connectivity index (χ4v) is 2.32. The Morgan fingerprint density at radius 3 is 2.53 bits per heavy atom. The highest BCUT2D eigenvalue weighted by Crippen LogP contribution is 2.36. The molecular formula is C10H5BrF3NO3S. The average Bonchev–Trinajstić information content (AvgIpc) is 2.31. The van der Waals surface area contributed by atoms with Gasteiger partial charge in [-0.15, -0.1) is 0 Å². The van der Waals surface area contributed by atoms with Crippen molar-refractivity contribution in [2.45, 2.75) is 5.51 Å². The number of nitrogens with zero attached hydrogens (tertiary/aromatic N) is 1. The summed E-state index contributed by atoms with van der Waals surface area (Å²) in [7, 11) is -5.73. The number of aromatic nitrogens is 1. The molecule has 0 N–H and O–H groups in total. The zero-order chi connectivity index (χ0) is 14.3. The van der Waals surface area contributed by atoms with Crippen LogP contribution in [-0.2, 0) is 10.1 Å². The van der Waals surface area contributed by atoms with Crippen molar-refractivity contribution < 1.29 is 25.8 Å². The van der Waals surface area contributed by atoms with Gasteiger partial charge in [0.05, 0.1) is 4.47 Å². The summed E-state index contributed by atoms with van der Waals surface area (Å²) in [6.07, 6.45) is 1.32. The highest BCUT2D eigenvalue weighted by Gasteiger charge is 2.49. The van der Waals surface area contributed by atoms with Crippen molar-refractivity contribution >= 4 is 37.0 Å². The average molecular weight is 356 g/mol. The van der Waals surface area contributed by atoms with Gasteiger partial charge in [0, 0.05) is 11.6 Å². The highest BCUT2D eigenvalue weighted by atomic mass is 79.9. The smallest absolute Gasteiger partial charge is 0.372 e. The molecule has 0 atom stereocenters. The van der Waals surface area contributed by atoms with E-state index in [9.17, 15) is 21.6 Å². The van der Waals surface area contributed by atoms with Gasteiger partial charge in [-0.3, -0.25) is 4.98 Å². The largest absolute Gasteiger partial charge is 0.534 e. The molecule has 2 rings (SSSR count). The third-order valence-electron chi connectivity index (χ3n) is 2.16. The Balaban J connectivity index is 2.61. The lowest BCUT2D eigenvalue weighted by molar-refractivity contribution is -0.0499. The van der Waals surface area contributed by atoms with Crippen LogP contribution in [0.3, 0.4) is 0 Å². The molecule has 0 fully saturated rings. The number of halogens is 4. The molecule has 0 saturated carbocycles. The summed E-state index contributed by atoms with van der Waals surface area (Å²) in [4.78, 5) is 3.82. The molecule has 0 radical (unpaired) electrons. The molecule has 0 aliphatic carbocycles. The maximum atomic E-state index is 12.3. The molecule has 0 bridgehead atoms. The number of fused-ring (bicyclic) bond motifs is 1. The SMILES string of the molecule is O=S(=O)(Oc1c(Br)ccc2cccnc12)C(F)(F)F. The number of pyridine rings is 1. The maximum absolute atomic E-state index is 12.3. The lowest BCUT2D eigenvalue weighted by atomic mass is 10.2. The number of benzene rings is 1. The van der Waals surface area contributed by atoms with Gasteiger partial charge in [-0.05, 0) is 28.1 Å². The summed E-state index contributed by atoms with van der Waals surface area (Å²) >= 11 is 2.94. The predicted octanol–water partition coefficient (Wildman–Crippen LogP) is 3.23. The number of hydrogen-bond donors (Lipinski definition) is 0. The van der Waals surface area contributed by atoms with E-state index in [1.165, 1.54) is 12.3 Å². The summed E-state index contributed by atoms with van der Waals surface area (Å²) in [5, 5.41) is 0.457. The van der Waals surface area contributed by atoms with Crippen LogP contribution in [-0.4, -0.2) is 18.9 Å². The molecule has 2 aromatic rings. The molecule has 9 heteroatoms. The van der Waals surface area contributed by atoms with Gasteiger partial charge in [0.25, 0.3) is 0 Å². The van der Waals surface area contributed by atoms with Crippen molar-refractivity contribution in [3.63, 3.8) is 0 Å². The zero-order valence-electron chi connectivity index (χ0n) is 8.98. The van der Waals surface area contributed by atoms with Crippen LogP contribution in [0, 0.1) is 0 Å². The van der Waals surface area contributed by atoms with Crippen molar-refractivity contribution in [1.82, 2.24) is 4.98 Å². The Morgan fingerprint density at radius 1 is 1.21 bits per heavy atom. The highest BCUT2D eigenvalue weighted by molar-refractivity contribution is 9.10. The first-order chi connectivity index (χ1) is 8.72. The van der Waals surface area contributed by atoms with Gasteiger partial charge in [-0.2, -0.15) is 21.6 Å². The van der Waals surface area contributed by atoms with E-state index >= 15 is 0 Å². The van der Waals surface area contributed by atoms with E-state index in [4.69, 9.17) is 0 Å². The van der Waals surface area contributed by atoms with Gasteiger partial charge in [-0.1, -0.05) is 12.1 Å². The first kappa shape index (κ1) is 14.1. The van der Waals surface area contributed by atoms with Crippen molar-refractivity contribution in [1.29, 1.82) is 0 Å². The van der Waals surface area contributed by atoms with Crippen LogP contribution in [0.5, 0.6) is 5.75 Å². The van der Waals surface area contributed by atoms with Crippen LogP contribution in [0.25, 0.3) is 10.9 Å². The summed E-state index contributed by atoms with van der Waals surface area (Å²) < 4.78 is 63.2. The predicted molar refractivity (Wildman–Crippen MR) is 65.0 cm³/mol. The van der Waals surface area contributed by atoms with Gasteiger partial charge in [0.2, 0.25) is 0 Å². The minimum absolute atomic E-state index is 0.0182. The van der Waals surface area contributed by atoms with Crippen LogP contribution in [0.1, 0.15) is 0 Å². The molecule has 0 amide bonds. The van der Waals surface area contributed by atoms with E-state index in [-0.39, 0.29) is 9.99 Å². The molecule has 0 saturated heterocycles. The van der Waals surface area contributed by atoms with Gasteiger partial charge in [0.15, 0.2) is 5.75 Å². The van der Waals surface area contributed by atoms with Crippen LogP contribution in [0.4, 0.5) is 13.2 Å². The Bertz CT molecular complexity index is 730. The van der Waals surface area contributed by atoms with E-state index in [0.717, 1.165) is 0 Å². The molecule has 102 valence electrons. The first-order valence-corrected chi connectivity index (χ1v) is 6.96. The van der Waals surface area contributed by atoms with Gasteiger partial charge in [0.1, 0.15) is 5.52 Å². The van der Waals surface area contributed by atoms with Crippen LogP contribution in [0.2, 0.25) is 0 Å². The zero-order valence-corrected chi connectivity index (χ0v) is 11.4. The number of alkyl halides is 3. The second-order valence-electron chi connectivity index (χ2n) is 3.43. The summed E-state index contributed by atoms with van der Waals surface area (Å²) in [5.74, 6) is -0.490. The van der Waals surface area contributed by atoms with Crippen LogP contribution >= 0.6 is 15.9 Å². The molecule has 0 aliphatic heterocycles. The molecule has 1 aromatic heterocycles. The Labute approximate surface area is 114 Å². The second-order valence-corrected chi connectivity index (χ2v) is 5.83. The van der Waals surface area contributed by atoms with Crippen molar-refractivity contribution in [3.05, 3.63) is 34.9 Å². The van der Waals surface area contributed by atoms with Crippen LogP contribution in [0.15, 0.2) is 34.9 Å². The van der Waals surface area contributed by atoms with Gasteiger partial charge < -0.3 is 4.18 Å². The Kier molecular flexibility index (Phi) is 3.43. The molecule has 19 heavy (non-hydrogen) atoms. The molecule has 0 spiro atoms. The van der Waals surface area contributed by atoms with Gasteiger partial charge >= 0.3 is 15.6 Å². The van der Waals surface area contributed by atoms with Gasteiger partial charge in [-0.25, -0.2) is 0 Å². The molecule has 1 heterocycles. The maximum Gasteiger partial charge on any atom is 0.534 e. The van der Waals surface area contributed by atoms with E-state index in [2.05, 4.69) is 25.1 Å². The number of rotatable bonds is 2. The molecule has 1 aromatic carbocycles. The minimum atomic E-state index is -5.73. The summed E-state index contributed by atoms with van der Waals surface area (Å²) in [5.41, 5.74) is -5.48. The monoisotopic (exact) mass is 355 g/mol. The standard InChI is InChI=1S/C10H5BrF3NO3S/c11-7-4-3-6-2-1-5-15-8(6)9(7)18-19(16,17)10(12,13)14/h1-5H. The fraction of sp³-hybridized carbons (Fsp3) is 0.100. The van der Waals surface area contributed by atoms with Crippen molar-refractivity contribution in [2.24, 2.45) is 0 Å². The second kappa shape index (κ2) is 4.64. The van der Waals surface area contributed by atoms with Crippen molar-refractivity contribution in [3.8, 4) is 5.75 Å². The lowest BCUT2D eigenvalue weighted by Crippen LogP contribution is -2.28. The van der Waals surface area contributed by atoms with E-state index in [1.807, 2.05) is 0 Å². The van der Waals surface area contributed by atoms with E-state index in [1.54, 1.807) is 18.2 Å².